The normalized spacial score (nSPS) is 21.3. The summed E-state index contributed by atoms with van der Waals surface area (Å²) in [5.74, 6) is 0.438. The number of Topliss-reactive ketones (excluding diaryl/α,β-unsaturated/α-hetero) is 1. The molecule has 1 amide bonds. The van der Waals surface area contributed by atoms with E-state index in [4.69, 9.17) is 11.5 Å². The van der Waals surface area contributed by atoms with Gasteiger partial charge >= 0.3 is 0 Å². The third-order valence-corrected chi connectivity index (χ3v) is 5.72. The summed E-state index contributed by atoms with van der Waals surface area (Å²) in [5, 5.41) is 6.50. The molecule has 29 heavy (non-hydrogen) atoms. The molecule has 1 saturated carbocycles. The van der Waals surface area contributed by atoms with Gasteiger partial charge < -0.3 is 22.1 Å². The van der Waals surface area contributed by atoms with Crippen molar-refractivity contribution in [2.75, 3.05) is 10.6 Å². The highest BCUT2D eigenvalue weighted by Crippen LogP contribution is 2.26. The van der Waals surface area contributed by atoms with Crippen molar-refractivity contribution in [3.63, 3.8) is 0 Å². The van der Waals surface area contributed by atoms with Crippen LogP contribution in [0.3, 0.4) is 0 Å². The van der Waals surface area contributed by atoms with Crippen LogP contribution in [0.5, 0.6) is 0 Å². The molecule has 0 bridgehead atoms. The van der Waals surface area contributed by atoms with Gasteiger partial charge in [0.2, 0.25) is 5.95 Å². The van der Waals surface area contributed by atoms with Crippen LogP contribution in [0.15, 0.2) is 24.4 Å². The molecular weight excluding hydrogens is 368 g/mol. The third kappa shape index (κ3) is 4.37. The number of primary amides is 1. The highest BCUT2D eigenvalue weighted by atomic mass is 16.1. The van der Waals surface area contributed by atoms with Crippen LogP contribution in [0.1, 0.15) is 53.6 Å². The van der Waals surface area contributed by atoms with Gasteiger partial charge in [-0.2, -0.15) is 4.98 Å². The molecule has 0 unspecified atom stereocenters. The summed E-state index contributed by atoms with van der Waals surface area (Å²) in [5.41, 5.74) is 14.9. The lowest BCUT2D eigenvalue weighted by Crippen LogP contribution is -2.43. The molecule has 0 spiro atoms. The first-order valence-corrected chi connectivity index (χ1v) is 10.1. The molecule has 0 aliphatic heterocycles. The van der Waals surface area contributed by atoms with Crippen molar-refractivity contribution >= 4 is 29.1 Å². The van der Waals surface area contributed by atoms with Crippen LogP contribution in [-0.4, -0.2) is 33.7 Å². The fourth-order valence-corrected chi connectivity index (χ4v) is 4.05. The Morgan fingerprint density at radius 3 is 2.76 bits per heavy atom. The van der Waals surface area contributed by atoms with Crippen LogP contribution in [0.4, 0.5) is 17.5 Å². The number of benzene rings is 1. The molecule has 0 radical (unpaired) electrons. The molecule has 2 aromatic rings. The van der Waals surface area contributed by atoms with Gasteiger partial charge in [0.25, 0.3) is 5.91 Å². The maximum Gasteiger partial charge on any atom is 0.254 e. The number of nitrogens with two attached hydrogens (primary N) is 2. The van der Waals surface area contributed by atoms with Gasteiger partial charge in [0.1, 0.15) is 17.2 Å². The van der Waals surface area contributed by atoms with Gasteiger partial charge in [0.05, 0.1) is 0 Å². The SMILES string of the molecule is NC(=O)c1cnc(N[C@@H]2CCCC[C@@H]2N)nc1Nc1ccc2c(c1)CCC(=O)C2. The number of hydrogen-bond donors (Lipinski definition) is 4. The minimum Gasteiger partial charge on any atom is -0.365 e. The number of anilines is 3. The Morgan fingerprint density at radius 2 is 1.97 bits per heavy atom. The van der Waals surface area contributed by atoms with Crippen LogP contribution >= 0.6 is 0 Å². The molecule has 2 atom stereocenters. The summed E-state index contributed by atoms with van der Waals surface area (Å²) < 4.78 is 0. The predicted molar refractivity (Wildman–Crippen MR) is 111 cm³/mol. The number of aromatic nitrogens is 2. The van der Waals surface area contributed by atoms with Gasteiger partial charge in [-0.25, -0.2) is 4.98 Å². The first-order chi connectivity index (χ1) is 14.0. The Labute approximate surface area is 169 Å². The molecule has 4 rings (SSSR count). The van der Waals surface area contributed by atoms with Crippen LogP contribution in [0.2, 0.25) is 0 Å². The Kier molecular flexibility index (Phi) is 5.44. The van der Waals surface area contributed by atoms with E-state index in [1.54, 1.807) is 0 Å². The number of rotatable bonds is 5. The third-order valence-electron chi connectivity index (χ3n) is 5.72. The van der Waals surface area contributed by atoms with E-state index in [2.05, 4.69) is 20.6 Å². The summed E-state index contributed by atoms with van der Waals surface area (Å²) >= 11 is 0. The van der Waals surface area contributed by atoms with E-state index in [1.165, 1.54) is 6.20 Å². The van der Waals surface area contributed by atoms with Gasteiger partial charge in [-0.05, 0) is 42.5 Å². The molecule has 2 aliphatic rings. The van der Waals surface area contributed by atoms with Crippen molar-refractivity contribution in [1.29, 1.82) is 0 Å². The molecule has 0 saturated heterocycles. The Hall–Kier alpha value is -3.00. The number of amides is 1. The fraction of sp³-hybridized carbons (Fsp3) is 0.429. The van der Waals surface area contributed by atoms with Crippen molar-refractivity contribution in [2.24, 2.45) is 11.5 Å². The van der Waals surface area contributed by atoms with Crippen molar-refractivity contribution < 1.29 is 9.59 Å². The number of fused-ring (bicyclic) bond motifs is 1. The lowest BCUT2D eigenvalue weighted by molar-refractivity contribution is -0.118. The van der Waals surface area contributed by atoms with Crippen LogP contribution in [0, 0.1) is 0 Å². The number of carbonyl (C=O) groups is 2. The van der Waals surface area contributed by atoms with Crippen molar-refractivity contribution in [3.8, 4) is 0 Å². The van der Waals surface area contributed by atoms with Crippen LogP contribution < -0.4 is 22.1 Å². The Morgan fingerprint density at radius 1 is 1.14 bits per heavy atom. The highest BCUT2D eigenvalue weighted by Gasteiger charge is 2.23. The maximum atomic E-state index is 11.9. The first-order valence-electron chi connectivity index (χ1n) is 10.1. The van der Waals surface area contributed by atoms with E-state index in [9.17, 15) is 9.59 Å². The van der Waals surface area contributed by atoms with Crippen molar-refractivity contribution in [2.45, 2.75) is 57.0 Å². The van der Waals surface area contributed by atoms with Gasteiger partial charge in [-0.15, -0.1) is 0 Å². The predicted octanol–water partition coefficient (Wildman–Crippen LogP) is 2.06. The molecule has 1 aromatic heterocycles. The second-order valence-electron chi connectivity index (χ2n) is 7.84. The molecular formula is C21H26N6O2. The summed E-state index contributed by atoms with van der Waals surface area (Å²) in [6.45, 7) is 0. The Balaban J connectivity index is 1.58. The van der Waals surface area contributed by atoms with E-state index < -0.39 is 5.91 Å². The second-order valence-corrected chi connectivity index (χ2v) is 7.84. The molecule has 1 fully saturated rings. The minimum atomic E-state index is -0.600. The number of carbonyl (C=O) groups excluding carboxylic acids is 2. The van der Waals surface area contributed by atoms with Gasteiger partial charge in [-0.3, -0.25) is 9.59 Å². The number of aryl methyl sites for hydroxylation is 1. The number of ketones is 1. The molecule has 1 heterocycles. The average molecular weight is 394 g/mol. The first kappa shape index (κ1) is 19.3. The summed E-state index contributed by atoms with van der Waals surface area (Å²) in [4.78, 5) is 32.3. The van der Waals surface area contributed by atoms with E-state index >= 15 is 0 Å². The largest absolute Gasteiger partial charge is 0.365 e. The molecule has 8 nitrogen and oxygen atoms in total. The monoisotopic (exact) mass is 394 g/mol. The summed E-state index contributed by atoms with van der Waals surface area (Å²) in [6.07, 6.45) is 7.39. The number of nitrogens with zero attached hydrogens (tertiary/aromatic N) is 2. The molecule has 1 aromatic carbocycles. The zero-order valence-corrected chi connectivity index (χ0v) is 16.3. The van der Waals surface area contributed by atoms with Gasteiger partial charge in [0, 0.05) is 36.8 Å². The molecule has 152 valence electrons. The van der Waals surface area contributed by atoms with E-state index in [0.717, 1.165) is 48.9 Å². The molecule has 2 aliphatic carbocycles. The Bertz CT molecular complexity index is 945. The zero-order chi connectivity index (χ0) is 20.4. The van der Waals surface area contributed by atoms with Gasteiger partial charge in [-0.1, -0.05) is 18.9 Å². The molecule has 8 heteroatoms. The zero-order valence-electron chi connectivity index (χ0n) is 16.3. The van der Waals surface area contributed by atoms with E-state index in [1.807, 2.05) is 18.2 Å². The minimum absolute atomic E-state index is 0.0583. The number of hydrogen-bond acceptors (Lipinski definition) is 7. The van der Waals surface area contributed by atoms with Crippen LogP contribution in [0.25, 0.3) is 0 Å². The lowest BCUT2D eigenvalue weighted by Gasteiger charge is -2.29. The maximum absolute atomic E-state index is 11.9. The number of nitrogens with one attached hydrogen (secondary N) is 2. The molecule has 6 N–H and O–H groups in total. The van der Waals surface area contributed by atoms with E-state index in [0.29, 0.717) is 24.6 Å². The average Bonchev–Trinajstić information content (AvgIpc) is 2.70. The second kappa shape index (κ2) is 8.16. The van der Waals surface area contributed by atoms with Gasteiger partial charge in [0.15, 0.2) is 0 Å². The fourth-order valence-electron chi connectivity index (χ4n) is 4.05. The topological polar surface area (TPSA) is 136 Å². The van der Waals surface area contributed by atoms with E-state index in [-0.39, 0.29) is 23.4 Å². The summed E-state index contributed by atoms with van der Waals surface area (Å²) in [6, 6.07) is 5.99. The lowest BCUT2D eigenvalue weighted by atomic mass is 9.90. The van der Waals surface area contributed by atoms with Crippen molar-refractivity contribution in [1.82, 2.24) is 9.97 Å². The quantitative estimate of drug-likeness (QED) is 0.609. The standard InChI is InChI=1S/C21H26N6O2/c22-17-3-1-2-4-18(17)26-21-24-11-16(19(23)29)20(27-21)25-14-7-5-13-10-15(28)8-6-12(13)9-14/h5,7,9,11,17-18H,1-4,6,8,10,22H2,(H2,23,29)(H2,24,25,26,27)/t17-,18+/m0/s1. The van der Waals surface area contributed by atoms with Crippen molar-refractivity contribution in [3.05, 3.63) is 41.1 Å². The smallest absolute Gasteiger partial charge is 0.254 e. The van der Waals surface area contributed by atoms with Crippen LogP contribution in [-0.2, 0) is 17.6 Å². The summed E-state index contributed by atoms with van der Waals surface area (Å²) in [7, 11) is 0. The highest BCUT2D eigenvalue weighted by molar-refractivity contribution is 5.98.